The number of pyridine rings is 1. The van der Waals surface area contributed by atoms with E-state index >= 15 is 0 Å². The third-order valence-corrected chi connectivity index (χ3v) is 4.06. The average molecular weight is 244 g/mol. The molecule has 1 aliphatic rings. The Morgan fingerprint density at radius 1 is 1.39 bits per heavy atom. The number of nitriles is 1. The summed E-state index contributed by atoms with van der Waals surface area (Å²) in [5, 5.41) is 8.88. The number of nitrogens with zero attached hydrogens (tertiary/aromatic N) is 4. The standard InChI is InChI=1S/C14H20N4/c1-17(2)14(6-4-7-14)11-18(3)13-5-8-16-12(9-13)10-15/h5,8-9H,4,6-7,11H2,1-3H3. The zero-order chi connectivity index (χ0) is 13.2. The van der Waals surface area contributed by atoms with E-state index in [1.807, 2.05) is 12.1 Å². The van der Waals surface area contributed by atoms with Crippen LogP contribution in [0.25, 0.3) is 0 Å². The van der Waals surface area contributed by atoms with Crippen LogP contribution in [-0.2, 0) is 0 Å². The topological polar surface area (TPSA) is 43.2 Å². The Kier molecular flexibility index (Phi) is 3.53. The lowest BCUT2D eigenvalue weighted by molar-refractivity contribution is 0.0683. The molecule has 4 heteroatoms. The van der Waals surface area contributed by atoms with Gasteiger partial charge in [-0.2, -0.15) is 5.26 Å². The van der Waals surface area contributed by atoms with Crippen LogP contribution in [-0.4, -0.2) is 43.1 Å². The molecule has 0 atom stereocenters. The van der Waals surface area contributed by atoms with Crippen molar-refractivity contribution in [2.75, 3.05) is 32.6 Å². The molecule has 1 aromatic rings. The SMILES string of the molecule is CN(CC1(N(C)C)CCC1)c1ccnc(C#N)c1. The van der Waals surface area contributed by atoms with Gasteiger partial charge in [0.2, 0.25) is 0 Å². The van der Waals surface area contributed by atoms with Gasteiger partial charge in [0.15, 0.2) is 0 Å². The van der Waals surface area contributed by atoms with Gasteiger partial charge < -0.3 is 9.80 Å². The molecule has 0 spiro atoms. The van der Waals surface area contributed by atoms with Gasteiger partial charge in [0.25, 0.3) is 0 Å². The molecular weight excluding hydrogens is 224 g/mol. The van der Waals surface area contributed by atoms with E-state index in [-0.39, 0.29) is 0 Å². The first-order chi connectivity index (χ1) is 8.57. The number of aromatic nitrogens is 1. The van der Waals surface area contributed by atoms with E-state index in [9.17, 15) is 0 Å². The van der Waals surface area contributed by atoms with Gasteiger partial charge in [-0.3, -0.25) is 0 Å². The van der Waals surface area contributed by atoms with Crippen LogP contribution in [0.2, 0.25) is 0 Å². The fourth-order valence-electron chi connectivity index (χ4n) is 2.58. The smallest absolute Gasteiger partial charge is 0.142 e. The molecule has 0 bridgehead atoms. The number of likely N-dealkylation sites (N-methyl/N-ethyl adjacent to an activating group) is 2. The second-order valence-corrected chi connectivity index (χ2v) is 5.34. The Labute approximate surface area is 109 Å². The molecular formula is C14H20N4. The molecule has 18 heavy (non-hydrogen) atoms. The summed E-state index contributed by atoms with van der Waals surface area (Å²) in [5.41, 5.74) is 1.84. The van der Waals surface area contributed by atoms with Crippen LogP contribution in [0.1, 0.15) is 25.0 Å². The largest absolute Gasteiger partial charge is 0.373 e. The summed E-state index contributed by atoms with van der Waals surface area (Å²) >= 11 is 0. The van der Waals surface area contributed by atoms with Crippen molar-refractivity contribution in [1.29, 1.82) is 5.26 Å². The van der Waals surface area contributed by atoms with Gasteiger partial charge >= 0.3 is 0 Å². The third kappa shape index (κ3) is 2.32. The third-order valence-electron chi connectivity index (χ3n) is 4.06. The molecule has 0 saturated heterocycles. The lowest BCUT2D eigenvalue weighted by Gasteiger charge is -2.49. The molecule has 0 aromatic carbocycles. The van der Waals surface area contributed by atoms with Crippen molar-refractivity contribution in [1.82, 2.24) is 9.88 Å². The molecule has 1 aromatic heterocycles. The monoisotopic (exact) mass is 244 g/mol. The van der Waals surface area contributed by atoms with E-state index in [2.05, 4.69) is 42.0 Å². The van der Waals surface area contributed by atoms with Crippen molar-refractivity contribution in [2.45, 2.75) is 24.8 Å². The number of rotatable bonds is 4. The molecule has 1 fully saturated rings. The Hall–Kier alpha value is -1.60. The van der Waals surface area contributed by atoms with Crippen molar-refractivity contribution in [2.24, 2.45) is 0 Å². The summed E-state index contributed by atoms with van der Waals surface area (Å²) in [4.78, 5) is 8.56. The zero-order valence-corrected chi connectivity index (χ0v) is 11.3. The summed E-state index contributed by atoms with van der Waals surface area (Å²) in [6.07, 6.45) is 5.51. The molecule has 1 aliphatic carbocycles. The van der Waals surface area contributed by atoms with Gasteiger partial charge in [0, 0.05) is 31.0 Å². The van der Waals surface area contributed by atoms with Crippen LogP contribution < -0.4 is 4.90 Å². The van der Waals surface area contributed by atoms with Crippen LogP contribution in [0.15, 0.2) is 18.3 Å². The predicted molar refractivity (Wildman–Crippen MR) is 72.5 cm³/mol. The van der Waals surface area contributed by atoms with Crippen molar-refractivity contribution in [3.8, 4) is 6.07 Å². The molecule has 0 radical (unpaired) electrons. The molecule has 96 valence electrons. The van der Waals surface area contributed by atoms with Crippen molar-refractivity contribution in [3.63, 3.8) is 0 Å². The van der Waals surface area contributed by atoms with Gasteiger partial charge in [-0.05, 0) is 45.5 Å². The van der Waals surface area contributed by atoms with Crippen molar-refractivity contribution in [3.05, 3.63) is 24.0 Å². The molecule has 0 N–H and O–H groups in total. The quantitative estimate of drug-likeness (QED) is 0.811. The van der Waals surface area contributed by atoms with Crippen LogP contribution in [0.4, 0.5) is 5.69 Å². The molecule has 2 rings (SSSR count). The molecule has 1 saturated carbocycles. The van der Waals surface area contributed by atoms with Gasteiger partial charge in [0.05, 0.1) is 0 Å². The van der Waals surface area contributed by atoms with Gasteiger partial charge in [0.1, 0.15) is 11.8 Å². The van der Waals surface area contributed by atoms with Crippen LogP contribution in [0.5, 0.6) is 0 Å². The minimum Gasteiger partial charge on any atom is -0.373 e. The highest BCUT2D eigenvalue weighted by molar-refractivity contribution is 5.48. The van der Waals surface area contributed by atoms with E-state index < -0.39 is 0 Å². The predicted octanol–water partition coefficient (Wildman–Crippen LogP) is 1.87. The normalized spacial score (nSPS) is 17.1. The maximum Gasteiger partial charge on any atom is 0.142 e. The van der Waals surface area contributed by atoms with Gasteiger partial charge in [-0.15, -0.1) is 0 Å². The van der Waals surface area contributed by atoms with E-state index in [0.717, 1.165) is 12.2 Å². The lowest BCUT2D eigenvalue weighted by atomic mass is 9.75. The minimum atomic E-state index is 0.296. The maximum absolute atomic E-state index is 8.88. The second kappa shape index (κ2) is 4.95. The molecule has 0 aliphatic heterocycles. The van der Waals surface area contributed by atoms with Crippen molar-refractivity contribution >= 4 is 5.69 Å². The Morgan fingerprint density at radius 3 is 2.61 bits per heavy atom. The first-order valence-electron chi connectivity index (χ1n) is 6.32. The summed E-state index contributed by atoms with van der Waals surface area (Å²) in [6, 6.07) is 5.90. The number of anilines is 1. The van der Waals surface area contributed by atoms with Crippen LogP contribution in [0.3, 0.4) is 0 Å². The molecule has 1 heterocycles. The highest BCUT2D eigenvalue weighted by Crippen LogP contribution is 2.37. The first kappa shape index (κ1) is 12.8. The fourth-order valence-corrected chi connectivity index (χ4v) is 2.58. The fraction of sp³-hybridized carbons (Fsp3) is 0.571. The summed E-state index contributed by atoms with van der Waals surface area (Å²) in [6.45, 7) is 0.995. The second-order valence-electron chi connectivity index (χ2n) is 5.34. The van der Waals surface area contributed by atoms with Crippen LogP contribution in [0, 0.1) is 11.3 Å². The Balaban J connectivity index is 2.12. The Morgan fingerprint density at radius 2 is 2.11 bits per heavy atom. The van der Waals surface area contributed by atoms with Crippen LogP contribution >= 0.6 is 0 Å². The first-order valence-corrected chi connectivity index (χ1v) is 6.32. The average Bonchev–Trinajstić information content (AvgIpc) is 2.33. The highest BCUT2D eigenvalue weighted by Gasteiger charge is 2.39. The summed E-state index contributed by atoms with van der Waals surface area (Å²) < 4.78 is 0. The maximum atomic E-state index is 8.88. The lowest BCUT2D eigenvalue weighted by Crippen LogP contribution is -2.56. The van der Waals surface area contributed by atoms with E-state index in [4.69, 9.17) is 5.26 Å². The highest BCUT2D eigenvalue weighted by atomic mass is 15.2. The summed E-state index contributed by atoms with van der Waals surface area (Å²) in [7, 11) is 6.39. The van der Waals surface area contributed by atoms with E-state index in [1.165, 1.54) is 19.3 Å². The van der Waals surface area contributed by atoms with Gasteiger partial charge in [-0.25, -0.2) is 4.98 Å². The number of hydrogen-bond acceptors (Lipinski definition) is 4. The minimum absolute atomic E-state index is 0.296. The van der Waals surface area contributed by atoms with Crippen molar-refractivity contribution < 1.29 is 0 Å². The number of hydrogen-bond donors (Lipinski definition) is 0. The van der Waals surface area contributed by atoms with E-state index in [0.29, 0.717) is 11.2 Å². The molecule has 4 nitrogen and oxygen atoms in total. The van der Waals surface area contributed by atoms with E-state index in [1.54, 1.807) is 6.20 Å². The van der Waals surface area contributed by atoms with Gasteiger partial charge in [-0.1, -0.05) is 0 Å². The zero-order valence-electron chi connectivity index (χ0n) is 11.3. The Bertz CT molecular complexity index is 457. The summed E-state index contributed by atoms with van der Waals surface area (Å²) in [5.74, 6) is 0. The molecule has 0 amide bonds. The molecule has 0 unspecified atom stereocenters.